The van der Waals surface area contributed by atoms with Gasteiger partial charge in [0.15, 0.2) is 6.61 Å². The van der Waals surface area contributed by atoms with Crippen molar-refractivity contribution in [2.45, 2.75) is 12.5 Å². The minimum atomic E-state index is -0.872. The monoisotopic (exact) mass is 339 g/mol. The molecule has 0 heterocycles. The molecular weight excluding hydrogens is 326 g/mol. The average Bonchev–Trinajstić information content (AvgIpc) is 2.85. The minimum Gasteiger partial charge on any atom is -0.484 e. The predicted molar refractivity (Wildman–Crippen MR) is 76.5 cm³/mol. The number of hydrogen-bond acceptors (Lipinski definition) is 3. The Morgan fingerprint density at radius 2 is 2.20 bits per heavy atom. The molecule has 2 N–H and O–H groups in total. The Labute approximate surface area is 124 Å². The summed E-state index contributed by atoms with van der Waals surface area (Å²) in [7, 11) is 0. The average molecular weight is 340 g/mol. The van der Waals surface area contributed by atoms with Gasteiger partial charge in [-0.15, -0.1) is 0 Å². The summed E-state index contributed by atoms with van der Waals surface area (Å²) < 4.78 is 6.22. The third kappa shape index (κ3) is 4.09. The van der Waals surface area contributed by atoms with Gasteiger partial charge in [0.1, 0.15) is 5.75 Å². The molecule has 1 aromatic rings. The van der Waals surface area contributed by atoms with E-state index in [1.54, 1.807) is 24.3 Å². The van der Waals surface area contributed by atoms with Crippen molar-refractivity contribution >= 4 is 27.8 Å². The van der Waals surface area contributed by atoms with Crippen LogP contribution in [0.3, 0.4) is 0 Å². The number of rotatable bonds is 5. The van der Waals surface area contributed by atoms with Crippen LogP contribution in [0, 0.1) is 5.92 Å². The molecule has 20 heavy (non-hydrogen) atoms. The molecule has 0 aliphatic heterocycles. The molecule has 0 bridgehead atoms. The summed E-state index contributed by atoms with van der Waals surface area (Å²) in [6, 6.07) is 6.96. The van der Waals surface area contributed by atoms with Crippen molar-refractivity contribution in [2.75, 3.05) is 6.61 Å². The second-order valence-corrected chi connectivity index (χ2v) is 5.40. The molecule has 2 rings (SSSR count). The van der Waals surface area contributed by atoms with Gasteiger partial charge in [0, 0.05) is 10.5 Å². The van der Waals surface area contributed by atoms with Crippen LogP contribution in [0.2, 0.25) is 0 Å². The Kier molecular flexibility index (Phi) is 4.79. The van der Waals surface area contributed by atoms with Crippen molar-refractivity contribution in [1.82, 2.24) is 5.32 Å². The predicted octanol–water partition coefficient (Wildman–Crippen LogP) is 1.97. The number of nitrogens with one attached hydrogen (secondary N) is 1. The molecule has 2 unspecified atom stereocenters. The molecule has 0 spiro atoms. The van der Waals surface area contributed by atoms with Crippen molar-refractivity contribution in [3.05, 3.63) is 40.9 Å². The van der Waals surface area contributed by atoms with Gasteiger partial charge in [-0.25, -0.2) is 0 Å². The molecule has 6 heteroatoms. The van der Waals surface area contributed by atoms with E-state index < -0.39 is 11.9 Å². The van der Waals surface area contributed by atoms with Gasteiger partial charge in [-0.1, -0.05) is 34.1 Å². The van der Waals surface area contributed by atoms with E-state index in [-0.39, 0.29) is 18.6 Å². The molecule has 1 amide bonds. The van der Waals surface area contributed by atoms with Crippen LogP contribution in [0.15, 0.2) is 40.9 Å². The molecule has 2 atom stereocenters. The Balaban J connectivity index is 1.77. The fraction of sp³-hybridized carbons (Fsp3) is 0.286. The number of halogens is 1. The van der Waals surface area contributed by atoms with Crippen LogP contribution in [0.4, 0.5) is 0 Å². The minimum absolute atomic E-state index is 0.0987. The lowest BCUT2D eigenvalue weighted by atomic mass is 10.1. The molecule has 1 aromatic carbocycles. The number of hydrogen-bond donors (Lipinski definition) is 2. The first kappa shape index (κ1) is 14.6. The molecule has 106 valence electrons. The van der Waals surface area contributed by atoms with Crippen LogP contribution in [0.25, 0.3) is 0 Å². The maximum absolute atomic E-state index is 11.7. The summed E-state index contributed by atoms with van der Waals surface area (Å²) >= 11 is 3.31. The lowest BCUT2D eigenvalue weighted by Gasteiger charge is -2.12. The van der Waals surface area contributed by atoms with Gasteiger partial charge in [0.05, 0.1) is 5.92 Å². The van der Waals surface area contributed by atoms with Crippen LogP contribution in [0.5, 0.6) is 5.75 Å². The van der Waals surface area contributed by atoms with Crippen LogP contribution >= 0.6 is 15.9 Å². The van der Waals surface area contributed by atoms with E-state index in [1.165, 1.54) is 0 Å². The van der Waals surface area contributed by atoms with Crippen LogP contribution < -0.4 is 10.1 Å². The quantitative estimate of drug-likeness (QED) is 0.804. The Morgan fingerprint density at radius 1 is 1.40 bits per heavy atom. The summed E-state index contributed by atoms with van der Waals surface area (Å²) in [6.07, 6.45) is 3.69. The SMILES string of the molecule is O=C(COc1cccc(Br)c1)NC1C=CC(C(=O)O)C1. The number of ether oxygens (including phenoxy) is 1. The number of benzene rings is 1. The fourth-order valence-corrected chi connectivity index (χ4v) is 2.32. The first-order valence-corrected chi connectivity index (χ1v) is 6.93. The number of aliphatic carboxylic acids is 1. The first-order valence-electron chi connectivity index (χ1n) is 6.13. The zero-order valence-corrected chi connectivity index (χ0v) is 12.2. The van der Waals surface area contributed by atoms with Crippen LogP contribution in [0.1, 0.15) is 6.42 Å². The number of carbonyl (C=O) groups excluding carboxylic acids is 1. The highest BCUT2D eigenvalue weighted by atomic mass is 79.9. The van der Waals surface area contributed by atoms with Gasteiger partial charge in [0.25, 0.3) is 5.91 Å². The van der Waals surface area contributed by atoms with Crippen molar-refractivity contribution in [1.29, 1.82) is 0 Å². The molecule has 0 saturated heterocycles. The normalized spacial score (nSPS) is 20.6. The summed E-state index contributed by atoms with van der Waals surface area (Å²) in [5.74, 6) is -1.07. The Morgan fingerprint density at radius 3 is 2.85 bits per heavy atom. The standard InChI is InChI=1S/C14H14BrNO4/c15-10-2-1-3-12(7-10)20-8-13(17)16-11-5-4-9(6-11)14(18)19/h1-5,7,9,11H,6,8H2,(H,16,17)(H,18,19). The molecule has 5 nitrogen and oxygen atoms in total. The van der Waals surface area contributed by atoms with Crippen molar-refractivity contribution in [3.63, 3.8) is 0 Å². The molecule has 0 radical (unpaired) electrons. The zero-order chi connectivity index (χ0) is 14.5. The molecule has 0 fully saturated rings. The molecule has 1 aliphatic carbocycles. The molecule has 0 aromatic heterocycles. The van der Waals surface area contributed by atoms with Gasteiger partial charge < -0.3 is 15.2 Å². The summed E-state index contributed by atoms with van der Waals surface area (Å²) in [5.41, 5.74) is 0. The highest BCUT2D eigenvalue weighted by molar-refractivity contribution is 9.10. The third-order valence-electron chi connectivity index (χ3n) is 2.91. The summed E-state index contributed by atoms with van der Waals surface area (Å²) in [6.45, 7) is -0.0987. The van der Waals surface area contributed by atoms with Crippen LogP contribution in [-0.4, -0.2) is 29.6 Å². The van der Waals surface area contributed by atoms with E-state index >= 15 is 0 Å². The maximum Gasteiger partial charge on any atom is 0.310 e. The second-order valence-electron chi connectivity index (χ2n) is 4.49. The molecule has 1 aliphatic rings. The number of carboxylic acids is 1. The van der Waals surface area contributed by atoms with E-state index in [4.69, 9.17) is 9.84 Å². The molecule has 0 saturated carbocycles. The topological polar surface area (TPSA) is 75.6 Å². The van der Waals surface area contributed by atoms with E-state index in [9.17, 15) is 9.59 Å². The fourth-order valence-electron chi connectivity index (χ4n) is 1.94. The Hall–Kier alpha value is -1.82. The van der Waals surface area contributed by atoms with Crippen molar-refractivity contribution in [3.8, 4) is 5.75 Å². The zero-order valence-electron chi connectivity index (χ0n) is 10.6. The highest BCUT2D eigenvalue weighted by Crippen LogP contribution is 2.19. The van der Waals surface area contributed by atoms with Gasteiger partial charge in [-0.3, -0.25) is 9.59 Å². The third-order valence-corrected chi connectivity index (χ3v) is 3.41. The summed E-state index contributed by atoms with van der Waals surface area (Å²) in [5, 5.41) is 11.6. The molecular formula is C14H14BrNO4. The van der Waals surface area contributed by atoms with Gasteiger partial charge >= 0.3 is 5.97 Å². The van der Waals surface area contributed by atoms with Crippen molar-refractivity contribution < 1.29 is 19.4 Å². The largest absolute Gasteiger partial charge is 0.484 e. The lowest BCUT2D eigenvalue weighted by molar-refractivity contribution is -0.140. The number of amides is 1. The van der Waals surface area contributed by atoms with E-state index in [0.717, 1.165) is 4.47 Å². The van der Waals surface area contributed by atoms with E-state index in [1.807, 2.05) is 12.1 Å². The van der Waals surface area contributed by atoms with Gasteiger partial charge in [0.2, 0.25) is 0 Å². The smallest absolute Gasteiger partial charge is 0.310 e. The summed E-state index contributed by atoms with van der Waals surface area (Å²) in [4.78, 5) is 22.5. The van der Waals surface area contributed by atoms with Gasteiger partial charge in [-0.2, -0.15) is 0 Å². The Bertz CT molecular complexity index is 544. The van der Waals surface area contributed by atoms with Gasteiger partial charge in [-0.05, 0) is 24.6 Å². The maximum atomic E-state index is 11.7. The van der Waals surface area contributed by atoms with Crippen molar-refractivity contribution in [2.24, 2.45) is 5.92 Å². The van der Waals surface area contributed by atoms with E-state index in [2.05, 4.69) is 21.2 Å². The second kappa shape index (κ2) is 6.56. The highest BCUT2D eigenvalue weighted by Gasteiger charge is 2.25. The first-order chi connectivity index (χ1) is 9.54. The van der Waals surface area contributed by atoms with E-state index in [0.29, 0.717) is 12.2 Å². The lowest BCUT2D eigenvalue weighted by Crippen LogP contribution is -2.36. The number of carbonyl (C=O) groups is 2. The van der Waals surface area contributed by atoms with Crippen LogP contribution in [-0.2, 0) is 9.59 Å². The number of carboxylic acid groups (broad SMARTS) is 1.